The molecule has 2 atom stereocenters. The molecule has 370 valence electrons. The van der Waals surface area contributed by atoms with Gasteiger partial charge in [0, 0.05) is 11.1 Å². The van der Waals surface area contributed by atoms with E-state index in [2.05, 4.69) is 0 Å². The Morgan fingerprint density at radius 2 is 0.881 bits per heavy atom. The fraction of sp³-hybridized carbons (Fsp3) is 0.547. The van der Waals surface area contributed by atoms with E-state index in [0.717, 1.165) is 151 Å². The molecular weight excluding hydrogens is 903 g/mol. The Morgan fingerprint density at radius 3 is 1.36 bits per heavy atom. The summed E-state index contributed by atoms with van der Waals surface area (Å²) in [5.74, 6) is -1.94. The summed E-state index contributed by atoms with van der Waals surface area (Å²) >= 11 is 0. The topological polar surface area (TPSA) is 0 Å². The molecule has 0 bridgehead atoms. The van der Waals surface area contributed by atoms with E-state index < -0.39 is 59.1 Å². The zero-order valence-corrected chi connectivity index (χ0v) is 37.5. The zero-order valence-electron chi connectivity index (χ0n) is 37.5. The summed E-state index contributed by atoms with van der Waals surface area (Å²) in [6.07, 6.45) is 1.86. The molecule has 0 spiro atoms. The normalized spacial score (nSPS) is 20.0. The molecule has 0 heterocycles. The second-order valence-electron chi connectivity index (χ2n) is 18.3. The molecule has 2 aliphatic carbocycles. The minimum absolute atomic E-state index is 0.0571. The van der Waals surface area contributed by atoms with E-state index in [1.807, 2.05) is 0 Å². The van der Waals surface area contributed by atoms with Gasteiger partial charge in [0.25, 0.3) is 0 Å². The smallest absolute Gasteiger partial charge is 0.251 e. The van der Waals surface area contributed by atoms with Crippen LogP contribution in [0.3, 0.4) is 0 Å². The van der Waals surface area contributed by atoms with Crippen molar-refractivity contribution in [1.29, 1.82) is 0 Å². The van der Waals surface area contributed by atoms with Crippen LogP contribution in [-0.2, 0) is 0 Å². The van der Waals surface area contributed by atoms with Crippen LogP contribution in [0.4, 0.5) is 61.5 Å². The van der Waals surface area contributed by atoms with Crippen molar-refractivity contribution in [3.8, 4) is 22.3 Å². The molecule has 14 heteroatoms. The van der Waals surface area contributed by atoms with E-state index >= 15 is 0 Å². The summed E-state index contributed by atoms with van der Waals surface area (Å²) in [5, 5.41) is 0. The van der Waals surface area contributed by atoms with Gasteiger partial charge < -0.3 is 0 Å². The second-order valence-corrected chi connectivity index (χ2v) is 18.3. The highest BCUT2D eigenvalue weighted by Crippen LogP contribution is 2.43. The Labute approximate surface area is 384 Å². The van der Waals surface area contributed by atoms with E-state index in [1.165, 1.54) is 24.3 Å². The molecular formula is C53H60F14. The van der Waals surface area contributed by atoms with Crippen LogP contribution in [0.2, 0.25) is 0 Å². The van der Waals surface area contributed by atoms with Gasteiger partial charge >= 0.3 is 12.4 Å². The number of rotatable bonds is 19. The number of halogens is 14. The van der Waals surface area contributed by atoms with Crippen LogP contribution in [-0.4, -0.2) is 25.7 Å². The predicted molar refractivity (Wildman–Crippen MR) is 236 cm³/mol. The van der Waals surface area contributed by atoms with Gasteiger partial charge in [0.15, 0.2) is 0 Å². The number of hydrogen-bond donors (Lipinski definition) is 0. The molecule has 67 heavy (non-hydrogen) atoms. The molecule has 6 rings (SSSR count). The summed E-state index contributed by atoms with van der Waals surface area (Å²) in [4.78, 5) is 0. The molecule has 0 N–H and O–H groups in total. The third kappa shape index (κ3) is 15.7. The van der Waals surface area contributed by atoms with Gasteiger partial charge in [0.2, 0.25) is 12.3 Å². The van der Waals surface area contributed by atoms with Gasteiger partial charge in [-0.25, -0.2) is 26.3 Å². The van der Waals surface area contributed by atoms with E-state index in [0.29, 0.717) is 36.3 Å². The molecule has 4 aromatic carbocycles. The molecule has 2 fully saturated rings. The molecule has 2 aliphatic rings. The van der Waals surface area contributed by atoms with Gasteiger partial charge in [0.05, 0.1) is 18.9 Å². The summed E-state index contributed by atoms with van der Waals surface area (Å²) < 4.78 is 185. The van der Waals surface area contributed by atoms with E-state index in [4.69, 9.17) is 0 Å². The number of alkyl halides is 10. The van der Waals surface area contributed by atoms with Crippen LogP contribution < -0.4 is 0 Å². The largest absolute Gasteiger partial charge is 0.424 e. The fourth-order valence-electron chi connectivity index (χ4n) is 9.72. The Bertz CT molecular complexity index is 2070. The van der Waals surface area contributed by atoms with Gasteiger partial charge in [-0.05, 0) is 140 Å². The van der Waals surface area contributed by atoms with Crippen molar-refractivity contribution in [2.75, 3.05) is 13.3 Å². The average molecular weight is 963 g/mol. The van der Waals surface area contributed by atoms with Gasteiger partial charge in [-0.1, -0.05) is 106 Å². The third-order valence-corrected chi connectivity index (χ3v) is 13.6. The van der Waals surface area contributed by atoms with Crippen LogP contribution >= 0.6 is 0 Å². The first-order chi connectivity index (χ1) is 31.9. The molecule has 0 nitrogen and oxygen atoms in total. The van der Waals surface area contributed by atoms with Gasteiger partial charge in [-0.15, -0.1) is 0 Å². The van der Waals surface area contributed by atoms with Crippen molar-refractivity contribution in [1.82, 2.24) is 0 Å². The summed E-state index contributed by atoms with van der Waals surface area (Å²) in [6, 6.07) is 13.9. The molecule has 4 aromatic rings. The maximum Gasteiger partial charge on any atom is 0.424 e. The maximum atomic E-state index is 14.9. The van der Waals surface area contributed by atoms with Gasteiger partial charge in [-0.2, -0.15) is 26.3 Å². The van der Waals surface area contributed by atoms with Crippen molar-refractivity contribution < 1.29 is 61.5 Å². The van der Waals surface area contributed by atoms with E-state index in [-0.39, 0.29) is 47.4 Å². The molecule has 0 radical (unpaired) electrons. The van der Waals surface area contributed by atoms with Gasteiger partial charge in [0.1, 0.15) is 23.3 Å². The van der Waals surface area contributed by atoms with Crippen LogP contribution in [0.15, 0.2) is 72.8 Å². The number of benzene rings is 4. The Morgan fingerprint density at radius 1 is 0.433 bits per heavy atom. The lowest BCUT2D eigenvalue weighted by Gasteiger charge is -2.29. The highest BCUT2D eigenvalue weighted by molar-refractivity contribution is 5.66. The fourth-order valence-corrected chi connectivity index (χ4v) is 9.72. The molecule has 0 aromatic heterocycles. The van der Waals surface area contributed by atoms with Crippen molar-refractivity contribution in [3.05, 3.63) is 118 Å². The molecule has 0 aliphatic heterocycles. The highest BCUT2D eigenvalue weighted by Gasteiger charge is 2.43. The lowest BCUT2D eigenvalue weighted by Crippen LogP contribution is -2.17. The van der Waals surface area contributed by atoms with Crippen molar-refractivity contribution in [3.63, 3.8) is 0 Å². The van der Waals surface area contributed by atoms with Crippen molar-refractivity contribution in [2.24, 2.45) is 11.8 Å². The molecule has 0 saturated heterocycles. The number of hydrogen-bond acceptors (Lipinski definition) is 0. The monoisotopic (exact) mass is 962 g/mol. The molecule has 2 unspecified atom stereocenters. The molecule has 0 amide bonds. The average Bonchev–Trinajstić information content (AvgIpc) is 3.29. The van der Waals surface area contributed by atoms with Gasteiger partial charge in [-0.3, -0.25) is 8.78 Å². The van der Waals surface area contributed by atoms with Crippen LogP contribution in [0.1, 0.15) is 168 Å². The summed E-state index contributed by atoms with van der Waals surface area (Å²) in [7, 11) is 0. The lowest BCUT2D eigenvalue weighted by molar-refractivity contribution is -0.183. The lowest BCUT2D eigenvalue weighted by atomic mass is 9.76. The second kappa shape index (κ2) is 25.5. The Balaban J connectivity index is 0.000000252. The zero-order chi connectivity index (χ0) is 48.7. The Hall–Kier alpha value is -4.10. The Kier molecular flexibility index (Phi) is 20.5. The summed E-state index contributed by atoms with van der Waals surface area (Å²) in [5.41, 5.74) is -0.398. The van der Waals surface area contributed by atoms with Crippen molar-refractivity contribution >= 4 is 0 Å². The van der Waals surface area contributed by atoms with Crippen LogP contribution in [0.5, 0.6) is 0 Å². The first-order valence-corrected chi connectivity index (χ1v) is 23.6. The SMILES string of the molecule is FCCCCCC1CCC(c2ccc(-c3ccc(C(F)C(F)(F)F)c(F)c3)c(F)c2)CC1.FCCCCCCCCC1CCC(c2cc(F)c(-c3ccc(C(F)C(F)(F)F)cc3)c(F)c2)CC1. The quantitative estimate of drug-likeness (QED) is 0.0649. The molecule has 2 saturated carbocycles. The third-order valence-electron chi connectivity index (χ3n) is 13.6. The van der Waals surface area contributed by atoms with E-state index in [1.54, 1.807) is 6.07 Å². The standard InChI is InChI=1S/C28H33F7.C25H27F7/c29-16-6-4-2-1-3-5-7-19-8-10-20(11-9-19)23-17-24(30)26(25(31)18-23)21-12-14-22(15-13-21)27(32)28(33,34)35;26-13-3-1-2-4-16-5-7-17(8-6-16)18-9-11-20(22(27)14-18)19-10-12-21(23(28)15-19)24(29)25(30,31)32/h12-15,17-20,27H,1-11,16H2;9-12,14-17,24H,1-8,13H2. The van der Waals surface area contributed by atoms with Crippen LogP contribution in [0, 0.1) is 35.1 Å². The van der Waals surface area contributed by atoms with E-state index in [9.17, 15) is 61.5 Å². The summed E-state index contributed by atoms with van der Waals surface area (Å²) in [6.45, 7) is -0.506. The van der Waals surface area contributed by atoms with Crippen molar-refractivity contribution in [2.45, 2.75) is 159 Å². The predicted octanol–water partition coefficient (Wildman–Crippen LogP) is 19.2. The minimum Gasteiger partial charge on any atom is -0.251 e. The number of unbranched alkanes of at least 4 members (excludes halogenated alkanes) is 7. The van der Waals surface area contributed by atoms with Crippen LogP contribution in [0.25, 0.3) is 22.3 Å². The minimum atomic E-state index is -5.21. The highest BCUT2D eigenvalue weighted by atomic mass is 19.4. The first kappa shape index (κ1) is 53.8. The maximum absolute atomic E-state index is 14.9. The first-order valence-electron chi connectivity index (χ1n) is 23.6.